The summed E-state index contributed by atoms with van der Waals surface area (Å²) in [6.07, 6.45) is -0.298. The van der Waals surface area contributed by atoms with E-state index in [0.717, 1.165) is 6.07 Å². The van der Waals surface area contributed by atoms with Crippen LogP contribution < -0.4 is 0 Å². The molecule has 1 aliphatic heterocycles. The van der Waals surface area contributed by atoms with Crippen LogP contribution in [0.2, 0.25) is 0 Å². The Kier molecular flexibility index (Phi) is 4.35. The lowest BCUT2D eigenvalue weighted by molar-refractivity contribution is -0.141. The molecular weight excluding hydrogens is 268 g/mol. The number of hydrogen-bond donors (Lipinski definition) is 1. The van der Waals surface area contributed by atoms with Gasteiger partial charge in [-0.2, -0.15) is 0 Å². The summed E-state index contributed by atoms with van der Waals surface area (Å²) in [6, 6.07) is 3.87. The van der Waals surface area contributed by atoms with E-state index in [-0.39, 0.29) is 12.0 Å². The first-order valence-electron chi connectivity index (χ1n) is 6.44. The van der Waals surface area contributed by atoms with Crippen LogP contribution in [-0.4, -0.2) is 42.3 Å². The molecule has 6 heteroatoms. The quantitative estimate of drug-likeness (QED) is 0.919. The highest BCUT2D eigenvalue weighted by atomic mass is 19.2. The van der Waals surface area contributed by atoms with Gasteiger partial charge >= 0.3 is 5.97 Å². The fourth-order valence-electron chi connectivity index (χ4n) is 2.65. The molecule has 1 atom stereocenters. The van der Waals surface area contributed by atoms with Crippen molar-refractivity contribution >= 4 is 5.97 Å². The second kappa shape index (κ2) is 5.85. The molecule has 0 aromatic heterocycles. The van der Waals surface area contributed by atoms with Gasteiger partial charge in [-0.25, -0.2) is 8.78 Å². The number of benzene rings is 1. The van der Waals surface area contributed by atoms with Crippen LogP contribution in [-0.2, 0) is 15.1 Å². The van der Waals surface area contributed by atoms with Crippen LogP contribution in [0, 0.1) is 11.6 Å². The van der Waals surface area contributed by atoms with Crippen molar-refractivity contribution in [3.8, 4) is 0 Å². The topological polar surface area (TPSA) is 49.8 Å². The Labute approximate surface area is 116 Å². The molecular formula is C14H17F2NO3. The summed E-state index contributed by atoms with van der Waals surface area (Å²) >= 11 is 0. The fraction of sp³-hybridized carbons (Fsp3) is 0.500. The predicted molar refractivity (Wildman–Crippen MR) is 68.4 cm³/mol. The van der Waals surface area contributed by atoms with Crippen molar-refractivity contribution in [1.29, 1.82) is 0 Å². The van der Waals surface area contributed by atoms with Gasteiger partial charge < -0.3 is 9.84 Å². The molecule has 1 heterocycles. The number of hydrogen-bond acceptors (Lipinski definition) is 3. The maximum atomic E-state index is 14.1. The summed E-state index contributed by atoms with van der Waals surface area (Å²) in [5.74, 6) is -3.00. The number of ether oxygens (including phenoxy) is 1. The minimum absolute atomic E-state index is 0.0711. The molecule has 1 saturated heterocycles. The maximum Gasteiger partial charge on any atom is 0.305 e. The number of carboxylic acid groups (broad SMARTS) is 1. The van der Waals surface area contributed by atoms with Crippen molar-refractivity contribution in [2.24, 2.45) is 0 Å². The first-order chi connectivity index (χ1) is 9.45. The average Bonchev–Trinajstić information content (AvgIpc) is 2.42. The van der Waals surface area contributed by atoms with Crippen molar-refractivity contribution in [2.75, 3.05) is 26.3 Å². The Morgan fingerprint density at radius 1 is 1.40 bits per heavy atom. The van der Waals surface area contributed by atoms with E-state index in [1.165, 1.54) is 12.1 Å². The second-order valence-electron chi connectivity index (χ2n) is 5.05. The van der Waals surface area contributed by atoms with Crippen molar-refractivity contribution in [1.82, 2.24) is 4.90 Å². The molecule has 2 rings (SSSR count). The molecule has 0 saturated carbocycles. The molecule has 4 nitrogen and oxygen atoms in total. The standard InChI is InChI=1S/C14H17F2NO3/c1-14(9-12(18)19,17-5-7-20-8-6-17)10-3-2-4-11(15)13(10)16/h2-4H,5-9H2,1H3,(H,18,19). The maximum absolute atomic E-state index is 14.1. The monoisotopic (exact) mass is 285 g/mol. The lowest BCUT2D eigenvalue weighted by Gasteiger charge is -2.43. The highest BCUT2D eigenvalue weighted by molar-refractivity contribution is 5.69. The number of morpholine rings is 1. The SMILES string of the molecule is CC(CC(=O)O)(c1cccc(F)c1F)N1CCOCC1. The van der Waals surface area contributed by atoms with E-state index in [1.807, 2.05) is 4.90 Å². The van der Waals surface area contributed by atoms with Gasteiger partial charge in [-0.1, -0.05) is 12.1 Å². The van der Waals surface area contributed by atoms with Crippen LogP contribution in [0.3, 0.4) is 0 Å². The van der Waals surface area contributed by atoms with Crippen molar-refractivity contribution in [3.05, 3.63) is 35.4 Å². The molecule has 20 heavy (non-hydrogen) atoms. The summed E-state index contributed by atoms with van der Waals surface area (Å²) in [7, 11) is 0. The third-order valence-electron chi connectivity index (χ3n) is 3.74. The zero-order chi connectivity index (χ0) is 14.8. The number of carbonyl (C=O) groups is 1. The first-order valence-corrected chi connectivity index (χ1v) is 6.44. The zero-order valence-electron chi connectivity index (χ0n) is 11.2. The van der Waals surface area contributed by atoms with E-state index in [1.54, 1.807) is 6.92 Å². The summed E-state index contributed by atoms with van der Waals surface area (Å²) in [5.41, 5.74) is -1.02. The van der Waals surface area contributed by atoms with Gasteiger partial charge in [0.1, 0.15) is 0 Å². The van der Waals surface area contributed by atoms with Gasteiger partial charge in [-0.15, -0.1) is 0 Å². The van der Waals surface area contributed by atoms with Crippen LogP contribution in [0.25, 0.3) is 0 Å². The fourth-order valence-corrected chi connectivity index (χ4v) is 2.65. The largest absolute Gasteiger partial charge is 0.481 e. The minimum Gasteiger partial charge on any atom is -0.481 e. The smallest absolute Gasteiger partial charge is 0.305 e. The summed E-state index contributed by atoms with van der Waals surface area (Å²) < 4.78 is 32.8. The number of nitrogens with zero attached hydrogens (tertiary/aromatic N) is 1. The van der Waals surface area contributed by atoms with Gasteiger partial charge in [-0.3, -0.25) is 9.69 Å². The molecule has 0 amide bonds. The lowest BCUT2D eigenvalue weighted by Crippen LogP contribution is -2.51. The van der Waals surface area contributed by atoms with Crippen LogP contribution in [0.5, 0.6) is 0 Å². The first kappa shape index (κ1) is 14.9. The van der Waals surface area contributed by atoms with Gasteiger partial charge in [0.2, 0.25) is 0 Å². The highest BCUT2D eigenvalue weighted by Crippen LogP contribution is 2.35. The Morgan fingerprint density at radius 3 is 2.65 bits per heavy atom. The molecule has 1 aliphatic rings. The van der Waals surface area contributed by atoms with Gasteiger partial charge in [-0.05, 0) is 13.0 Å². The Bertz CT molecular complexity index is 503. The molecule has 0 spiro atoms. The lowest BCUT2D eigenvalue weighted by atomic mass is 9.85. The minimum atomic E-state index is -1.10. The molecule has 0 aliphatic carbocycles. The normalized spacial score (nSPS) is 19.6. The highest BCUT2D eigenvalue weighted by Gasteiger charge is 2.39. The molecule has 1 aromatic rings. The van der Waals surface area contributed by atoms with E-state index in [4.69, 9.17) is 9.84 Å². The molecule has 0 radical (unpaired) electrons. The molecule has 1 aromatic carbocycles. The summed E-state index contributed by atoms with van der Waals surface area (Å²) in [5, 5.41) is 9.13. The van der Waals surface area contributed by atoms with E-state index >= 15 is 0 Å². The number of aliphatic carboxylic acids is 1. The van der Waals surface area contributed by atoms with E-state index in [0.29, 0.717) is 26.3 Å². The van der Waals surface area contributed by atoms with Crippen molar-refractivity contribution in [3.63, 3.8) is 0 Å². The number of halogens is 2. The summed E-state index contributed by atoms with van der Waals surface area (Å²) in [6.45, 7) is 3.50. The molecule has 0 bridgehead atoms. The number of carboxylic acids is 1. The van der Waals surface area contributed by atoms with Gasteiger partial charge in [0, 0.05) is 18.7 Å². The second-order valence-corrected chi connectivity index (χ2v) is 5.05. The Balaban J connectivity index is 2.44. The molecule has 1 fully saturated rings. The van der Waals surface area contributed by atoms with E-state index in [2.05, 4.69) is 0 Å². The van der Waals surface area contributed by atoms with Crippen molar-refractivity contribution in [2.45, 2.75) is 18.9 Å². The van der Waals surface area contributed by atoms with Crippen LogP contribution in [0.1, 0.15) is 18.9 Å². The Morgan fingerprint density at radius 2 is 2.05 bits per heavy atom. The summed E-state index contributed by atoms with van der Waals surface area (Å²) in [4.78, 5) is 13.0. The molecule has 1 N–H and O–H groups in total. The van der Waals surface area contributed by atoms with Gasteiger partial charge in [0.15, 0.2) is 11.6 Å². The van der Waals surface area contributed by atoms with Crippen LogP contribution in [0.15, 0.2) is 18.2 Å². The van der Waals surface area contributed by atoms with E-state index in [9.17, 15) is 13.6 Å². The zero-order valence-corrected chi connectivity index (χ0v) is 11.2. The number of rotatable bonds is 4. The predicted octanol–water partition coefficient (Wildman–Crippen LogP) is 1.99. The van der Waals surface area contributed by atoms with Crippen molar-refractivity contribution < 1.29 is 23.4 Å². The average molecular weight is 285 g/mol. The molecule has 1 unspecified atom stereocenters. The third-order valence-corrected chi connectivity index (χ3v) is 3.74. The third kappa shape index (κ3) is 2.81. The van der Waals surface area contributed by atoms with E-state index < -0.39 is 23.1 Å². The van der Waals surface area contributed by atoms with Gasteiger partial charge in [0.25, 0.3) is 0 Å². The van der Waals surface area contributed by atoms with Crippen LogP contribution >= 0.6 is 0 Å². The Hall–Kier alpha value is -1.53. The molecule has 110 valence electrons. The van der Waals surface area contributed by atoms with Gasteiger partial charge in [0.05, 0.1) is 25.2 Å². The van der Waals surface area contributed by atoms with Crippen LogP contribution in [0.4, 0.5) is 8.78 Å².